The number of nitrogens with one attached hydrogen (secondary N) is 1. The number of hydrogen-bond acceptors (Lipinski definition) is 3. The molecule has 2 heterocycles. The fraction of sp³-hybridized carbons (Fsp3) is 0.438. The maximum Gasteiger partial charge on any atom is 0.242 e. The second-order valence-electron chi connectivity index (χ2n) is 5.64. The van der Waals surface area contributed by atoms with Crippen LogP contribution in [-0.4, -0.2) is 35.8 Å². The maximum atomic E-state index is 12.0. The largest absolute Gasteiger partial charge is 0.379 e. The summed E-state index contributed by atoms with van der Waals surface area (Å²) in [5.41, 5.74) is 6.40. The summed E-state index contributed by atoms with van der Waals surface area (Å²) in [6.45, 7) is 2.40. The van der Waals surface area contributed by atoms with Gasteiger partial charge in [-0.05, 0) is 30.4 Å². The van der Waals surface area contributed by atoms with Gasteiger partial charge < -0.3 is 20.4 Å². The normalized spacial score (nSPS) is 21.8. The molecule has 2 aromatic rings. The van der Waals surface area contributed by atoms with Crippen LogP contribution in [0.25, 0.3) is 10.9 Å². The minimum absolute atomic E-state index is 0.0997. The van der Waals surface area contributed by atoms with Crippen molar-refractivity contribution in [3.8, 4) is 0 Å². The first-order chi connectivity index (χ1) is 10.2. The predicted octanol–water partition coefficient (Wildman–Crippen LogP) is 1.27. The predicted molar refractivity (Wildman–Crippen MR) is 81.9 cm³/mol. The molecular weight excluding hydrogens is 266 g/mol. The smallest absolute Gasteiger partial charge is 0.242 e. The molecule has 21 heavy (non-hydrogen) atoms. The molecule has 1 fully saturated rings. The molecule has 1 amide bonds. The molecule has 5 heteroatoms. The quantitative estimate of drug-likeness (QED) is 0.814. The van der Waals surface area contributed by atoms with Gasteiger partial charge in [-0.25, -0.2) is 0 Å². The highest BCUT2D eigenvalue weighted by Gasteiger charge is 2.37. The number of amides is 1. The van der Waals surface area contributed by atoms with Crippen molar-refractivity contribution in [1.29, 1.82) is 0 Å². The van der Waals surface area contributed by atoms with Crippen LogP contribution < -0.4 is 11.1 Å². The van der Waals surface area contributed by atoms with Crippen molar-refractivity contribution < 1.29 is 9.53 Å². The number of hydrogen-bond donors (Lipinski definition) is 2. The van der Waals surface area contributed by atoms with Crippen LogP contribution in [0.4, 0.5) is 0 Å². The highest BCUT2D eigenvalue weighted by molar-refractivity contribution is 5.86. The summed E-state index contributed by atoms with van der Waals surface area (Å²) in [6, 6.07) is 10.4. The second kappa shape index (κ2) is 5.87. The summed E-state index contributed by atoms with van der Waals surface area (Å²) < 4.78 is 7.41. The van der Waals surface area contributed by atoms with Crippen LogP contribution in [0.3, 0.4) is 0 Å². The van der Waals surface area contributed by atoms with Crippen LogP contribution in [0, 0.1) is 0 Å². The second-order valence-corrected chi connectivity index (χ2v) is 5.64. The number of para-hydroxylation sites is 1. The molecule has 1 atom stereocenters. The van der Waals surface area contributed by atoms with Gasteiger partial charge in [0.05, 0.1) is 6.61 Å². The van der Waals surface area contributed by atoms with Crippen molar-refractivity contribution in [2.45, 2.75) is 24.9 Å². The summed E-state index contributed by atoms with van der Waals surface area (Å²) in [5.74, 6) is -0.0997. The van der Waals surface area contributed by atoms with E-state index in [1.807, 2.05) is 12.1 Å². The molecule has 3 N–H and O–H groups in total. The zero-order valence-electron chi connectivity index (χ0n) is 12.0. The number of benzene rings is 1. The van der Waals surface area contributed by atoms with Crippen LogP contribution in [-0.2, 0) is 16.1 Å². The van der Waals surface area contributed by atoms with Gasteiger partial charge in [-0.1, -0.05) is 18.2 Å². The number of carbonyl (C=O) groups is 1. The van der Waals surface area contributed by atoms with E-state index in [1.54, 1.807) is 0 Å². The lowest BCUT2D eigenvalue weighted by molar-refractivity contribution is -0.126. The zero-order valence-corrected chi connectivity index (χ0v) is 12.0. The highest BCUT2D eigenvalue weighted by atomic mass is 16.5. The summed E-state index contributed by atoms with van der Waals surface area (Å²) in [7, 11) is 0. The molecule has 0 radical (unpaired) electrons. The SMILES string of the molecule is NC1(C(=O)NCCCn2ccc3ccccc32)CCOC1. The Labute approximate surface area is 124 Å². The van der Waals surface area contributed by atoms with Gasteiger partial charge in [-0.2, -0.15) is 0 Å². The van der Waals surface area contributed by atoms with Gasteiger partial charge in [0.1, 0.15) is 5.54 Å². The first-order valence-corrected chi connectivity index (χ1v) is 7.38. The van der Waals surface area contributed by atoms with E-state index in [9.17, 15) is 4.79 Å². The molecule has 1 aliphatic rings. The van der Waals surface area contributed by atoms with E-state index in [0.29, 0.717) is 26.2 Å². The van der Waals surface area contributed by atoms with Gasteiger partial charge in [0.2, 0.25) is 5.91 Å². The molecule has 3 rings (SSSR count). The summed E-state index contributed by atoms with van der Waals surface area (Å²) in [4.78, 5) is 12.0. The van der Waals surface area contributed by atoms with Crippen LogP contribution in [0.15, 0.2) is 36.5 Å². The number of rotatable bonds is 5. The van der Waals surface area contributed by atoms with Crippen LogP contribution in [0.1, 0.15) is 12.8 Å². The number of carbonyl (C=O) groups excluding carboxylic acids is 1. The molecule has 112 valence electrons. The molecule has 1 aliphatic heterocycles. The van der Waals surface area contributed by atoms with Crippen molar-refractivity contribution >= 4 is 16.8 Å². The van der Waals surface area contributed by atoms with Crippen LogP contribution >= 0.6 is 0 Å². The van der Waals surface area contributed by atoms with Crippen LogP contribution in [0.5, 0.6) is 0 Å². The third-order valence-corrected chi connectivity index (χ3v) is 4.05. The Bertz CT molecular complexity index is 629. The standard InChI is InChI=1S/C16H21N3O2/c17-16(7-11-21-12-16)15(20)18-8-3-9-19-10-6-13-4-1-2-5-14(13)19/h1-2,4-6,10H,3,7-9,11-12,17H2,(H,18,20). The Kier molecular flexibility index (Phi) is 3.94. The van der Waals surface area contributed by atoms with Crippen LogP contribution in [0.2, 0.25) is 0 Å². The summed E-state index contributed by atoms with van der Waals surface area (Å²) in [6.07, 6.45) is 3.56. The Hall–Kier alpha value is -1.85. The lowest BCUT2D eigenvalue weighted by Gasteiger charge is -2.20. The van der Waals surface area contributed by atoms with Gasteiger partial charge in [-0.15, -0.1) is 0 Å². The molecule has 0 aliphatic carbocycles. The Balaban J connectivity index is 1.49. The average Bonchev–Trinajstić information content (AvgIpc) is 3.11. The molecule has 1 aromatic carbocycles. The number of aryl methyl sites for hydroxylation is 1. The lowest BCUT2D eigenvalue weighted by atomic mass is 9.99. The average molecular weight is 287 g/mol. The van der Waals surface area contributed by atoms with Crippen molar-refractivity contribution in [1.82, 2.24) is 9.88 Å². The fourth-order valence-electron chi connectivity index (χ4n) is 2.72. The number of aromatic nitrogens is 1. The van der Waals surface area contributed by atoms with E-state index in [1.165, 1.54) is 10.9 Å². The van der Waals surface area contributed by atoms with Gasteiger partial charge >= 0.3 is 0 Å². The first kappa shape index (κ1) is 14.1. The number of fused-ring (bicyclic) bond motifs is 1. The number of ether oxygens (including phenoxy) is 1. The minimum atomic E-state index is -0.833. The summed E-state index contributed by atoms with van der Waals surface area (Å²) in [5, 5.41) is 4.16. The van der Waals surface area contributed by atoms with Gasteiger partial charge in [0.15, 0.2) is 0 Å². The van der Waals surface area contributed by atoms with Crippen molar-refractivity contribution in [2.75, 3.05) is 19.8 Å². The Morgan fingerprint density at radius 2 is 2.24 bits per heavy atom. The summed E-state index contributed by atoms with van der Waals surface area (Å²) >= 11 is 0. The third kappa shape index (κ3) is 2.94. The van der Waals surface area contributed by atoms with E-state index in [0.717, 1.165) is 13.0 Å². The Morgan fingerprint density at radius 1 is 1.38 bits per heavy atom. The molecule has 1 saturated heterocycles. The lowest BCUT2D eigenvalue weighted by Crippen LogP contribution is -2.54. The molecule has 0 saturated carbocycles. The first-order valence-electron chi connectivity index (χ1n) is 7.38. The minimum Gasteiger partial charge on any atom is -0.379 e. The monoisotopic (exact) mass is 287 g/mol. The highest BCUT2D eigenvalue weighted by Crippen LogP contribution is 2.16. The van der Waals surface area contributed by atoms with Crippen molar-refractivity contribution in [3.63, 3.8) is 0 Å². The maximum absolute atomic E-state index is 12.0. The molecule has 0 bridgehead atoms. The Morgan fingerprint density at radius 3 is 3.05 bits per heavy atom. The fourth-order valence-corrected chi connectivity index (χ4v) is 2.72. The number of nitrogens with two attached hydrogens (primary N) is 1. The van der Waals surface area contributed by atoms with Crippen molar-refractivity contribution in [3.05, 3.63) is 36.5 Å². The van der Waals surface area contributed by atoms with Gasteiger partial charge in [-0.3, -0.25) is 4.79 Å². The zero-order chi connectivity index (χ0) is 14.7. The molecular formula is C16H21N3O2. The topological polar surface area (TPSA) is 69.3 Å². The third-order valence-electron chi connectivity index (χ3n) is 4.05. The van der Waals surface area contributed by atoms with E-state index >= 15 is 0 Å². The van der Waals surface area contributed by atoms with E-state index in [4.69, 9.17) is 10.5 Å². The molecule has 1 aromatic heterocycles. The molecule has 5 nitrogen and oxygen atoms in total. The van der Waals surface area contributed by atoms with Gasteiger partial charge in [0.25, 0.3) is 0 Å². The van der Waals surface area contributed by atoms with Crippen molar-refractivity contribution in [2.24, 2.45) is 5.73 Å². The van der Waals surface area contributed by atoms with Gasteiger partial charge in [0, 0.05) is 31.4 Å². The van der Waals surface area contributed by atoms with E-state index in [2.05, 4.69) is 34.3 Å². The van der Waals surface area contributed by atoms with E-state index < -0.39 is 5.54 Å². The van der Waals surface area contributed by atoms with E-state index in [-0.39, 0.29) is 5.91 Å². The number of nitrogens with zero attached hydrogens (tertiary/aromatic N) is 1. The molecule has 0 spiro atoms. The molecule has 1 unspecified atom stereocenters.